The van der Waals surface area contributed by atoms with Crippen LogP contribution < -0.4 is 5.32 Å². The van der Waals surface area contributed by atoms with E-state index in [-0.39, 0.29) is 24.2 Å². The molecule has 0 bridgehead atoms. The maximum Gasteiger partial charge on any atom is 0.490 e. The van der Waals surface area contributed by atoms with Crippen LogP contribution in [0, 0.1) is 0 Å². The van der Waals surface area contributed by atoms with E-state index in [0.717, 1.165) is 30.6 Å². The number of halogens is 5. The molecule has 4 heterocycles. The molecule has 2 aliphatic rings. The first kappa shape index (κ1) is 30.4. The molecule has 42 heavy (non-hydrogen) atoms. The Labute approximate surface area is 235 Å². The predicted octanol–water partition coefficient (Wildman–Crippen LogP) is 4.54. The van der Waals surface area contributed by atoms with Crippen LogP contribution in [0.5, 0.6) is 0 Å². The van der Waals surface area contributed by atoms with Crippen molar-refractivity contribution in [3.05, 3.63) is 70.9 Å². The maximum absolute atomic E-state index is 13.4. The average Bonchev–Trinajstić information content (AvgIpc) is 3.46. The van der Waals surface area contributed by atoms with Crippen molar-refractivity contribution < 1.29 is 45.9 Å². The third kappa shape index (κ3) is 6.35. The number of imide groups is 1. The summed E-state index contributed by atoms with van der Waals surface area (Å²) in [5.41, 5.74) is 3.36. The van der Waals surface area contributed by atoms with Gasteiger partial charge in [-0.1, -0.05) is 12.1 Å². The van der Waals surface area contributed by atoms with E-state index in [4.69, 9.17) is 14.3 Å². The van der Waals surface area contributed by atoms with E-state index in [1.165, 1.54) is 16.7 Å². The van der Waals surface area contributed by atoms with Crippen LogP contribution in [-0.2, 0) is 21.5 Å². The Morgan fingerprint density at radius 2 is 1.83 bits per heavy atom. The molecule has 3 aromatic rings. The summed E-state index contributed by atoms with van der Waals surface area (Å²) in [6.07, 6.45) is -3.54. The molecule has 1 aromatic carbocycles. The van der Waals surface area contributed by atoms with Gasteiger partial charge in [0.15, 0.2) is 0 Å². The minimum atomic E-state index is -5.08. The quantitative estimate of drug-likeness (QED) is 0.323. The second kappa shape index (κ2) is 11.8. The van der Waals surface area contributed by atoms with Crippen molar-refractivity contribution in [2.45, 2.75) is 44.8 Å². The highest BCUT2D eigenvalue weighted by Gasteiger charge is 2.44. The molecule has 0 fully saturated rings. The summed E-state index contributed by atoms with van der Waals surface area (Å²) in [6.45, 7) is 5.31. The minimum Gasteiger partial charge on any atom is -0.475 e. The molecular weight excluding hydrogens is 569 g/mol. The molecule has 2 N–H and O–H groups in total. The number of aliphatic carboxylic acids is 1. The summed E-state index contributed by atoms with van der Waals surface area (Å²) < 4.78 is 62.1. The zero-order chi connectivity index (χ0) is 30.8. The number of pyridine rings is 1. The summed E-state index contributed by atoms with van der Waals surface area (Å²) in [5, 5.41) is 17.3. The molecule has 0 saturated heterocycles. The van der Waals surface area contributed by atoms with E-state index in [2.05, 4.69) is 26.6 Å². The summed E-state index contributed by atoms with van der Waals surface area (Å²) in [6, 6.07) is 8.86. The fraction of sp³-hybridized carbons (Fsp3) is 0.333. The van der Waals surface area contributed by atoms with Crippen molar-refractivity contribution in [3.63, 3.8) is 0 Å². The second-order valence-electron chi connectivity index (χ2n) is 9.85. The number of hydrogen-bond acceptors (Lipinski definition) is 8. The molecule has 0 atom stereocenters. The smallest absolute Gasteiger partial charge is 0.475 e. The van der Waals surface area contributed by atoms with Crippen LogP contribution in [0.15, 0.2) is 47.0 Å². The normalized spacial score (nSPS) is 16.5. The van der Waals surface area contributed by atoms with Crippen LogP contribution in [0.2, 0.25) is 0 Å². The number of alkyl halides is 5. The first-order valence-electron chi connectivity index (χ1n) is 12.5. The van der Waals surface area contributed by atoms with Crippen LogP contribution in [0.25, 0.3) is 17.0 Å². The van der Waals surface area contributed by atoms with E-state index in [9.17, 15) is 31.5 Å². The number of aromatic nitrogens is 3. The highest BCUT2D eigenvalue weighted by atomic mass is 19.4. The SMILES string of the molecule is CC1(C)C(=O)N(Cc2ccc(-c3nnc(C(F)F)o3)cn2)C(=O)c2ccc(C3=CCNCC3)cc21.O=C(O)C(F)(F)F. The van der Waals surface area contributed by atoms with Gasteiger partial charge in [0.2, 0.25) is 11.8 Å². The summed E-state index contributed by atoms with van der Waals surface area (Å²) >= 11 is 0. The Balaban J connectivity index is 0.000000517. The van der Waals surface area contributed by atoms with E-state index < -0.39 is 29.9 Å². The number of rotatable bonds is 5. The maximum atomic E-state index is 13.4. The van der Waals surface area contributed by atoms with Crippen LogP contribution in [0.4, 0.5) is 22.0 Å². The average molecular weight is 594 g/mol. The van der Waals surface area contributed by atoms with Gasteiger partial charge in [-0.25, -0.2) is 4.79 Å². The minimum absolute atomic E-state index is 0.0223. The van der Waals surface area contributed by atoms with Crippen LogP contribution in [0.3, 0.4) is 0 Å². The molecule has 0 unspecified atom stereocenters. The van der Waals surface area contributed by atoms with Gasteiger partial charge in [-0.3, -0.25) is 19.5 Å². The van der Waals surface area contributed by atoms with E-state index in [0.29, 0.717) is 16.8 Å². The van der Waals surface area contributed by atoms with Gasteiger partial charge in [0, 0.05) is 18.3 Å². The van der Waals surface area contributed by atoms with E-state index in [1.54, 1.807) is 18.2 Å². The lowest BCUT2D eigenvalue weighted by Gasteiger charge is -2.37. The number of amides is 2. The molecule has 5 rings (SSSR count). The zero-order valence-corrected chi connectivity index (χ0v) is 22.2. The Hall–Kier alpha value is -4.53. The molecule has 0 spiro atoms. The van der Waals surface area contributed by atoms with Gasteiger partial charge < -0.3 is 14.8 Å². The van der Waals surface area contributed by atoms with Gasteiger partial charge in [-0.2, -0.15) is 22.0 Å². The third-order valence-corrected chi connectivity index (χ3v) is 6.64. The second-order valence-corrected chi connectivity index (χ2v) is 9.85. The molecule has 2 aliphatic heterocycles. The summed E-state index contributed by atoms with van der Waals surface area (Å²) in [7, 11) is 0. The highest BCUT2D eigenvalue weighted by Crippen LogP contribution is 2.37. The predicted molar refractivity (Wildman–Crippen MR) is 136 cm³/mol. The summed E-state index contributed by atoms with van der Waals surface area (Å²) in [4.78, 5) is 41.1. The van der Waals surface area contributed by atoms with Crippen molar-refractivity contribution in [2.75, 3.05) is 13.1 Å². The Morgan fingerprint density at radius 1 is 1.14 bits per heavy atom. The molecular formula is C27H24F5N5O5. The van der Waals surface area contributed by atoms with Crippen molar-refractivity contribution in [1.82, 2.24) is 25.4 Å². The third-order valence-electron chi connectivity index (χ3n) is 6.64. The monoisotopic (exact) mass is 593 g/mol. The number of carboxylic acid groups (broad SMARTS) is 1. The number of benzene rings is 1. The van der Waals surface area contributed by atoms with Crippen molar-refractivity contribution in [1.29, 1.82) is 0 Å². The number of nitrogens with one attached hydrogen (secondary N) is 1. The van der Waals surface area contributed by atoms with Crippen molar-refractivity contribution >= 4 is 23.4 Å². The molecule has 222 valence electrons. The van der Waals surface area contributed by atoms with Crippen LogP contribution in [0.1, 0.15) is 59.8 Å². The molecule has 0 radical (unpaired) electrons. The molecule has 15 heteroatoms. The lowest BCUT2D eigenvalue weighted by Crippen LogP contribution is -2.51. The van der Waals surface area contributed by atoms with Crippen molar-refractivity contribution in [3.8, 4) is 11.5 Å². The Kier molecular flexibility index (Phi) is 8.52. The number of carboxylic acids is 1. The van der Waals surface area contributed by atoms with Gasteiger partial charge in [0.05, 0.1) is 23.2 Å². The number of fused-ring (bicyclic) bond motifs is 1. The fourth-order valence-electron chi connectivity index (χ4n) is 4.41. The fourth-order valence-corrected chi connectivity index (χ4v) is 4.41. The lowest BCUT2D eigenvalue weighted by molar-refractivity contribution is -0.192. The van der Waals surface area contributed by atoms with Gasteiger partial charge >= 0.3 is 18.6 Å². The molecule has 0 saturated carbocycles. The molecule has 10 nitrogen and oxygen atoms in total. The first-order valence-corrected chi connectivity index (χ1v) is 12.5. The van der Waals surface area contributed by atoms with Crippen molar-refractivity contribution in [2.24, 2.45) is 0 Å². The lowest BCUT2D eigenvalue weighted by atomic mass is 9.76. The topological polar surface area (TPSA) is 139 Å². The Morgan fingerprint density at radius 3 is 2.38 bits per heavy atom. The van der Waals surface area contributed by atoms with E-state index >= 15 is 0 Å². The van der Waals surface area contributed by atoms with E-state index in [1.807, 2.05) is 26.0 Å². The first-order chi connectivity index (χ1) is 19.7. The molecule has 2 amide bonds. The largest absolute Gasteiger partial charge is 0.490 e. The molecule has 2 aromatic heterocycles. The number of nitrogens with zero attached hydrogens (tertiary/aromatic N) is 4. The van der Waals surface area contributed by atoms with Gasteiger partial charge in [0.25, 0.3) is 11.8 Å². The van der Waals surface area contributed by atoms with Gasteiger partial charge in [-0.15, -0.1) is 10.2 Å². The molecule has 0 aliphatic carbocycles. The number of carbonyl (C=O) groups is 3. The standard InChI is InChI=1S/C25H23F2N5O3.C2HF3O2/c1-25(2)19-11-15(14-7-9-28-10-8-14)4-6-18(19)23(33)32(24(25)34)13-17-5-3-16(12-29-17)21-30-31-22(35-21)20(26)27;3-2(4,5)1(6)7/h3-7,11-12,20,28H,8-10,13H2,1-2H3;(H,6,7). The van der Waals surface area contributed by atoms with Gasteiger partial charge in [-0.05, 0) is 67.8 Å². The summed E-state index contributed by atoms with van der Waals surface area (Å²) in [5.74, 6) is -4.30. The highest BCUT2D eigenvalue weighted by molar-refractivity contribution is 6.13. The number of hydrogen-bond donors (Lipinski definition) is 2. The van der Waals surface area contributed by atoms with Crippen LogP contribution in [-0.4, -0.2) is 62.2 Å². The Bertz CT molecular complexity index is 1530. The number of carbonyl (C=O) groups excluding carboxylic acids is 2. The van der Waals surface area contributed by atoms with Crippen LogP contribution >= 0.6 is 0 Å². The zero-order valence-electron chi connectivity index (χ0n) is 22.2. The van der Waals surface area contributed by atoms with Gasteiger partial charge in [0.1, 0.15) is 0 Å².